The fourth-order valence-corrected chi connectivity index (χ4v) is 1.24. The number of pyridine rings is 1. The van der Waals surface area contributed by atoms with Crippen LogP contribution in [0.2, 0.25) is 0 Å². The Morgan fingerprint density at radius 1 is 1.21 bits per heavy atom. The van der Waals surface area contributed by atoms with Gasteiger partial charge in [-0.3, -0.25) is 4.68 Å². The van der Waals surface area contributed by atoms with E-state index in [-0.39, 0.29) is 0 Å². The number of hydrogen-bond donors (Lipinski definition) is 0. The molecule has 4 nitrogen and oxygen atoms in total. The van der Waals surface area contributed by atoms with Gasteiger partial charge in [0.15, 0.2) is 0 Å². The first kappa shape index (κ1) is 8.74. The maximum Gasteiger partial charge on any atom is 0.212 e. The number of aryl methyl sites for hydroxylation is 1. The van der Waals surface area contributed by atoms with Gasteiger partial charge < -0.3 is 4.74 Å². The lowest BCUT2D eigenvalue weighted by atomic mass is 10.2. The molecular formula is C10H11N3O. The molecule has 0 aliphatic heterocycles. The number of nitrogens with zero attached hydrogens (tertiary/aromatic N) is 3. The minimum Gasteiger partial charge on any atom is -0.481 e. The molecule has 0 saturated carbocycles. The van der Waals surface area contributed by atoms with Crippen molar-refractivity contribution in [3.63, 3.8) is 0 Å². The normalized spacial score (nSPS) is 10.1. The molecule has 4 heteroatoms. The topological polar surface area (TPSA) is 39.9 Å². The van der Waals surface area contributed by atoms with Gasteiger partial charge in [-0.25, -0.2) is 4.98 Å². The zero-order valence-electron chi connectivity index (χ0n) is 8.14. The number of hydrogen-bond acceptors (Lipinski definition) is 3. The summed E-state index contributed by atoms with van der Waals surface area (Å²) in [6, 6.07) is 3.80. The summed E-state index contributed by atoms with van der Waals surface area (Å²) in [5, 5.41) is 4.09. The second-order valence-electron chi connectivity index (χ2n) is 2.99. The summed E-state index contributed by atoms with van der Waals surface area (Å²) in [5.41, 5.74) is 2.10. The molecule has 2 heterocycles. The van der Waals surface area contributed by atoms with Crippen LogP contribution in [0.25, 0.3) is 11.1 Å². The Hall–Kier alpha value is -1.84. The van der Waals surface area contributed by atoms with Crippen LogP contribution in [-0.4, -0.2) is 21.9 Å². The van der Waals surface area contributed by atoms with Gasteiger partial charge in [0.05, 0.1) is 13.3 Å². The molecule has 0 N–H and O–H groups in total. The monoisotopic (exact) mass is 189 g/mol. The van der Waals surface area contributed by atoms with E-state index in [0.29, 0.717) is 5.88 Å². The lowest BCUT2D eigenvalue weighted by molar-refractivity contribution is 0.398. The predicted octanol–water partition coefficient (Wildman–Crippen LogP) is 1.49. The molecule has 2 aromatic rings. The van der Waals surface area contributed by atoms with Crippen LogP contribution in [0.5, 0.6) is 5.88 Å². The van der Waals surface area contributed by atoms with Crippen LogP contribution < -0.4 is 4.74 Å². The van der Waals surface area contributed by atoms with Gasteiger partial charge in [-0.05, 0) is 6.07 Å². The highest BCUT2D eigenvalue weighted by molar-refractivity contribution is 5.60. The molecule has 0 aliphatic rings. The third-order valence-electron chi connectivity index (χ3n) is 1.98. The van der Waals surface area contributed by atoms with E-state index < -0.39 is 0 Å². The second kappa shape index (κ2) is 3.49. The van der Waals surface area contributed by atoms with Gasteiger partial charge >= 0.3 is 0 Å². The first-order valence-electron chi connectivity index (χ1n) is 4.28. The molecule has 72 valence electrons. The molecule has 0 amide bonds. The minimum absolute atomic E-state index is 0.623. The van der Waals surface area contributed by atoms with Gasteiger partial charge in [0.25, 0.3) is 0 Å². The number of ether oxygens (including phenoxy) is 1. The van der Waals surface area contributed by atoms with Crippen molar-refractivity contribution in [2.24, 2.45) is 7.05 Å². The summed E-state index contributed by atoms with van der Waals surface area (Å²) in [4.78, 5) is 4.12. The van der Waals surface area contributed by atoms with Gasteiger partial charge in [-0.15, -0.1) is 0 Å². The van der Waals surface area contributed by atoms with Gasteiger partial charge in [-0.2, -0.15) is 5.10 Å². The van der Waals surface area contributed by atoms with Crippen molar-refractivity contribution in [3.05, 3.63) is 30.7 Å². The van der Waals surface area contributed by atoms with Crippen LogP contribution in [0.3, 0.4) is 0 Å². The third-order valence-corrected chi connectivity index (χ3v) is 1.98. The Morgan fingerprint density at radius 2 is 2.07 bits per heavy atom. The average molecular weight is 189 g/mol. The van der Waals surface area contributed by atoms with Gasteiger partial charge in [0.2, 0.25) is 5.88 Å². The van der Waals surface area contributed by atoms with Crippen LogP contribution in [0, 0.1) is 0 Å². The van der Waals surface area contributed by atoms with E-state index in [1.807, 2.05) is 31.6 Å². The lowest BCUT2D eigenvalue weighted by Crippen LogP contribution is -1.86. The lowest BCUT2D eigenvalue weighted by Gasteiger charge is -1.99. The van der Waals surface area contributed by atoms with Crippen LogP contribution in [-0.2, 0) is 7.05 Å². The quantitative estimate of drug-likeness (QED) is 0.718. The molecule has 0 radical (unpaired) electrons. The van der Waals surface area contributed by atoms with Crippen molar-refractivity contribution in [3.8, 4) is 17.0 Å². The molecule has 0 saturated heterocycles. The Labute approximate surface area is 82.2 Å². The summed E-state index contributed by atoms with van der Waals surface area (Å²) in [6.07, 6.45) is 5.53. The summed E-state index contributed by atoms with van der Waals surface area (Å²) >= 11 is 0. The van der Waals surface area contributed by atoms with E-state index in [2.05, 4.69) is 10.1 Å². The van der Waals surface area contributed by atoms with E-state index in [1.54, 1.807) is 18.0 Å². The molecule has 2 aromatic heterocycles. The molecule has 0 spiro atoms. The molecule has 2 rings (SSSR count). The highest BCUT2D eigenvalue weighted by Gasteiger charge is 2.00. The molecular weight excluding hydrogens is 178 g/mol. The van der Waals surface area contributed by atoms with Crippen LogP contribution >= 0.6 is 0 Å². The van der Waals surface area contributed by atoms with Gasteiger partial charge in [0.1, 0.15) is 0 Å². The molecule has 0 aromatic carbocycles. The van der Waals surface area contributed by atoms with Crippen molar-refractivity contribution in [2.45, 2.75) is 0 Å². The van der Waals surface area contributed by atoms with Crippen molar-refractivity contribution >= 4 is 0 Å². The minimum atomic E-state index is 0.623. The Bertz CT molecular complexity index is 419. The first-order chi connectivity index (χ1) is 6.79. The summed E-state index contributed by atoms with van der Waals surface area (Å²) in [7, 11) is 3.49. The van der Waals surface area contributed by atoms with Crippen molar-refractivity contribution in [2.75, 3.05) is 7.11 Å². The molecule has 0 unspecified atom stereocenters. The highest BCUT2D eigenvalue weighted by atomic mass is 16.5. The SMILES string of the molecule is COc1ccc(-c2cnn(C)c2)cn1. The maximum atomic E-state index is 4.98. The Kier molecular flexibility index (Phi) is 2.18. The molecule has 0 aliphatic carbocycles. The molecule has 0 atom stereocenters. The summed E-state index contributed by atoms with van der Waals surface area (Å²) < 4.78 is 6.74. The van der Waals surface area contributed by atoms with Crippen molar-refractivity contribution in [1.82, 2.24) is 14.8 Å². The third kappa shape index (κ3) is 1.59. The molecule has 0 fully saturated rings. The average Bonchev–Trinajstić information content (AvgIpc) is 2.65. The van der Waals surface area contributed by atoms with E-state index in [4.69, 9.17) is 4.74 Å². The zero-order chi connectivity index (χ0) is 9.97. The van der Waals surface area contributed by atoms with E-state index >= 15 is 0 Å². The van der Waals surface area contributed by atoms with Crippen molar-refractivity contribution < 1.29 is 4.74 Å². The fourth-order valence-electron chi connectivity index (χ4n) is 1.24. The largest absolute Gasteiger partial charge is 0.481 e. The molecule has 0 bridgehead atoms. The van der Waals surface area contributed by atoms with Crippen LogP contribution in [0.4, 0.5) is 0 Å². The zero-order valence-corrected chi connectivity index (χ0v) is 8.14. The van der Waals surface area contributed by atoms with Gasteiger partial charge in [-0.1, -0.05) is 0 Å². The van der Waals surface area contributed by atoms with E-state index in [0.717, 1.165) is 11.1 Å². The first-order valence-corrected chi connectivity index (χ1v) is 4.28. The highest BCUT2D eigenvalue weighted by Crippen LogP contribution is 2.18. The number of methoxy groups -OCH3 is 1. The fraction of sp³-hybridized carbons (Fsp3) is 0.200. The standard InChI is InChI=1S/C10H11N3O/c1-13-7-9(6-12-13)8-3-4-10(14-2)11-5-8/h3-7H,1-2H3. The molecule has 14 heavy (non-hydrogen) atoms. The maximum absolute atomic E-state index is 4.98. The second-order valence-corrected chi connectivity index (χ2v) is 2.99. The van der Waals surface area contributed by atoms with Crippen LogP contribution in [0.15, 0.2) is 30.7 Å². The Morgan fingerprint density at radius 3 is 2.57 bits per heavy atom. The smallest absolute Gasteiger partial charge is 0.212 e. The van der Waals surface area contributed by atoms with E-state index in [9.17, 15) is 0 Å². The Balaban J connectivity index is 2.33. The predicted molar refractivity (Wildman–Crippen MR) is 53.0 cm³/mol. The number of rotatable bonds is 2. The summed E-state index contributed by atoms with van der Waals surface area (Å²) in [5.74, 6) is 0.623. The number of aromatic nitrogens is 3. The summed E-state index contributed by atoms with van der Waals surface area (Å²) in [6.45, 7) is 0. The van der Waals surface area contributed by atoms with Crippen LogP contribution in [0.1, 0.15) is 0 Å². The van der Waals surface area contributed by atoms with E-state index in [1.165, 1.54) is 0 Å². The van der Waals surface area contributed by atoms with Gasteiger partial charge in [0, 0.05) is 36.6 Å². The van der Waals surface area contributed by atoms with Crippen molar-refractivity contribution in [1.29, 1.82) is 0 Å².